The summed E-state index contributed by atoms with van der Waals surface area (Å²) in [6, 6.07) is 8.70. The lowest BCUT2D eigenvalue weighted by atomic mass is 10.1. The number of rotatable bonds is 8. The predicted octanol–water partition coefficient (Wildman–Crippen LogP) is 3.89. The smallest absolute Gasteiger partial charge is 0.240 e. The zero-order valence-corrected chi connectivity index (χ0v) is 16.8. The molecule has 3 heterocycles. The summed E-state index contributed by atoms with van der Waals surface area (Å²) >= 11 is 1.72. The van der Waals surface area contributed by atoms with Crippen LogP contribution in [0, 0.1) is 0 Å². The van der Waals surface area contributed by atoms with Crippen molar-refractivity contribution >= 4 is 28.3 Å². The van der Waals surface area contributed by atoms with Gasteiger partial charge in [-0.2, -0.15) is 0 Å². The normalized spacial score (nSPS) is 14.2. The van der Waals surface area contributed by atoms with Crippen molar-refractivity contribution in [2.45, 2.75) is 45.8 Å². The molecule has 1 fully saturated rings. The molecule has 0 bridgehead atoms. The SMILES string of the molecule is CCN(CC)Cc1c(-c2cccs2)n(CC(=O)NC2CC2)c2ncccc12. The molecular formula is C21H26N4OS. The number of hydrogen-bond acceptors (Lipinski definition) is 4. The molecule has 0 saturated heterocycles. The minimum Gasteiger partial charge on any atom is -0.352 e. The zero-order chi connectivity index (χ0) is 18.8. The van der Waals surface area contributed by atoms with E-state index in [2.05, 4.69) is 57.2 Å². The maximum Gasteiger partial charge on any atom is 0.240 e. The number of carbonyl (C=O) groups excluding carboxylic acids is 1. The van der Waals surface area contributed by atoms with Gasteiger partial charge in [-0.3, -0.25) is 9.69 Å². The molecule has 0 unspecified atom stereocenters. The molecule has 0 aliphatic heterocycles. The van der Waals surface area contributed by atoms with E-state index in [1.807, 2.05) is 12.3 Å². The Bertz CT molecular complexity index is 923. The van der Waals surface area contributed by atoms with E-state index in [9.17, 15) is 4.79 Å². The molecule has 6 heteroatoms. The van der Waals surface area contributed by atoms with Gasteiger partial charge < -0.3 is 9.88 Å². The number of hydrogen-bond donors (Lipinski definition) is 1. The molecule has 27 heavy (non-hydrogen) atoms. The Morgan fingerprint density at radius 1 is 1.30 bits per heavy atom. The second-order valence-corrected chi connectivity index (χ2v) is 8.02. The second-order valence-electron chi connectivity index (χ2n) is 7.07. The van der Waals surface area contributed by atoms with Crippen molar-refractivity contribution in [1.29, 1.82) is 0 Å². The maximum atomic E-state index is 12.6. The van der Waals surface area contributed by atoms with Gasteiger partial charge in [-0.25, -0.2) is 4.98 Å². The molecule has 3 aromatic rings. The van der Waals surface area contributed by atoms with Gasteiger partial charge in [0.15, 0.2) is 0 Å². The van der Waals surface area contributed by atoms with Crippen LogP contribution in [0.5, 0.6) is 0 Å². The number of nitrogens with one attached hydrogen (secondary N) is 1. The van der Waals surface area contributed by atoms with Crippen LogP contribution in [-0.4, -0.2) is 39.5 Å². The van der Waals surface area contributed by atoms with Crippen LogP contribution in [0.15, 0.2) is 35.8 Å². The summed E-state index contributed by atoms with van der Waals surface area (Å²) in [7, 11) is 0. The number of fused-ring (bicyclic) bond motifs is 1. The van der Waals surface area contributed by atoms with Crippen molar-refractivity contribution in [3.05, 3.63) is 41.4 Å². The Hall–Kier alpha value is -2.18. The van der Waals surface area contributed by atoms with Crippen molar-refractivity contribution in [3.63, 3.8) is 0 Å². The van der Waals surface area contributed by atoms with Crippen LogP contribution in [-0.2, 0) is 17.9 Å². The predicted molar refractivity (Wildman–Crippen MR) is 111 cm³/mol. The summed E-state index contributed by atoms with van der Waals surface area (Å²) in [5, 5.41) is 6.36. The second kappa shape index (κ2) is 7.82. The molecule has 5 nitrogen and oxygen atoms in total. The Morgan fingerprint density at radius 2 is 2.11 bits per heavy atom. The number of nitrogens with zero attached hydrogens (tertiary/aromatic N) is 3. The average molecular weight is 383 g/mol. The van der Waals surface area contributed by atoms with Crippen LogP contribution in [0.2, 0.25) is 0 Å². The van der Waals surface area contributed by atoms with Crippen LogP contribution < -0.4 is 5.32 Å². The lowest BCUT2D eigenvalue weighted by Crippen LogP contribution is -2.29. The third-order valence-electron chi connectivity index (χ3n) is 5.20. The minimum absolute atomic E-state index is 0.0762. The summed E-state index contributed by atoms with van der Waals surface area (Å²) < 4.78 is 2.11. The van der Waals surface area contributed by atoms with E-state index in [0.717, 1.165) is 49.2 Å². The highest BCUT2D eigenvalue weighted by molar-refractivity contribution is 7.13. The van der Waals surface area contributed by atoms with Gasteiger partial charge >= 0.3 is 0 Å². The molecule has 0 aromatic carbocycles. The molecule has 0 spiro atoms. The summed E-state index contributed by atoms with van der Waals surface area (Å²) in [6.45, 7) is 7.55. The molecule has 3 aromatic heterocycles. The lowest BCUT2D eigenvalue weighted by molar-refractivity contribution is -0.121. The van der Waals surface area contributed by atoms with Gasteiger partial charge in [-0.15, -0.1) is 11.3 Å². The Balaban J connectivity index is 1.83. The molecule has 0 radical (unpaired) electrons. The first-order valence-corrected chi connectivity index (χ1v) is 10.6. The highest BCUT2D eigenvalue weighted by Gasteiger charge is 2.26. The van der Waals surface area contributed by atoms with Gasteiger partial charge in [0, 0.05) is 29.7 Å². The van der Waals surface area contributed by atoms with Crippen molar-refractivity contribution in [2.75, 3.05) is 13.1 Å². The molecule has 4 rings (SSSR count). The highest BCUT2D eigenvalue weighted by atomic mass is 32.1. The summed E-state index contributed by atoms with van der Waals surface area (Å²) in [5.74, 6) is 0.0762. The van der Waals surface area contributed by atoms with E-state index in [1.54, 1.807) is 11.3 Å². The molecule has 1 aliphatic carbocycles. The van der Waals surface area contributed by atoms with Crippen LogP contribution in [0.3, 0.4) is 0 Å². The zero-order valence-electron chi connectivity index (χ0n) is 15.9. The summed E-state index contributed by atoms with van der Waals surface area (Å²) in [4.78, 5) is 20.9. The first kappa shape index (κ1) is 18.2. The van der Waals surface area contributed by atoms with E-state index in [-0.39, 0.29) is 5.91 Å². The molecule has 1 amide bonds. The fraction of sp³-hybridized carbons (Fsp3) is 0.429. The summed E-state index contributed by atoms with van der Waals surface area (Å²) in [6.07, 6.45) is 4.01. The van der Waals surface area contributed by atoms with Crippen molar-refractivity contribution in [3.8, 4) is 10.6 Å². The monoisotopic (exact) mass is 382 g/mol. The topological polar surface area (TPSA) is 50.2 Å². The van der Waals surface area contributed by atoms with Gasteiger partial charge in [0.1, 0.15) is 12.2 Å². The minimum atomic E-state index is 0.0762. The van der Waals surface area contributed by atoms with Gasteiger partial charge in [-0.1, -0.05) is 19.9 Å². The quantitative estimate of drug-likeness (QED) is 0.643. The van der Waals surface area contributed by atoms with Crippen LogP contribution in [0.25, 0.3) is 21.6 Å². The number of carbonyl (C=O) groups is 1. The van der Waals surface area contributed by atoms with Crippen molar-refractivity contribution < 1.29 is 4.79 Å². The highest BCUT2D eigenvalue weighted by Crippen LogP contribution is 2.36. The van der Waals surface area contributed by atoms with Crippen LogP contribution in [0.4, 0.5) is 0 Å². The fourth-order valence-corrected chi connectivity index (χ4v) is 4.37. The van der Waals surface area contributed by atoms with Crippen LogP contribution in [0.1, 0.15) is 32.3 Å². The Morgan fingerprint density at radius 3 is 2.78 bits per heavy atom. The van der Waals surface area contributed by atoms with Crippen molar-refractivity contribution in [2.24, 2.45) is 0 Å². The molecular weight excluding hydrogens is 356 g/mol. The molecule has 1 aliphatic rings. The Labute approximate surface area is 164 Å². The standard InChI is InChI=1S/C21H26N4OS/c1-3-24(4-2)13-17-16-7-5-11-22-21(16)25(14-19(26)23-15-9-10-15)20(17)18-8-6-12-27-18/h5-8,11-12,15H,3-4,9-10,13-14H2,1-2H3,(H,23,26). The number of aromatic nitrogens is 2. The van der Waals surface area contributed by atoms with Gasteiger partial charge in [-0.05, 0) is 49.5 Å². The van der Waals surface area contributed by atoms with E-state index >= 15 is 0 Å². The Kier molecular flexibility index (Phi) is 5.27. The third kappa shape index (κ3) is 3.77. The number of pyridine rings is 1. The molecule has 142 valence electrons. The fourth-order valence-electron chi connectivity index (χ4n) is 3.57. The summed E-state index contributed by atoms with van der Waals surface area (Å²) in [5.41, 5.74) is 3.30. The maximum absolute atomic E-state index is 12.6. The molecule has 1 N–H and O–H groups in total. The van der Waals surface area contributed by atoms with E-state index in [0.29, 0.717) is 12.6 Å². The van der Waals surface area contributed by atoms with E-state index < -0.39 is 0 Å². The first-order valence-electron chi connectivity index (χ1n) is 9.73. The van der Waals surface area contributed by atoms with E-state index in [4.69, 9.17) is 0 Å². The average Bonchev–Trinajstić information content (AvgIpc) is 3.23. The number of amides is 1. The van der Waals surface area contributed by atoms with Crippen molar-refractivity contribution in [1.82, 2.24) is 19.8 Å². The lowest BCUT2D eigenvalue weighted by Gasteiger charge is -2.19. The first-order chi connectivity index (χ1) is 13.2. The molecule has 0 atom stereocenters. The number of thiophene rings is 1. The third-order valence-corrected chi connectivity index (χ3v) is 6.07. The van der Waals surface area contributed by atoms with Gasteiger partial charge in [0.2, 0.25) is 5.91 Å². The largest absolute Gasteiger partial charge is 0.352 e. The van der Waals surface area contributed by atoms with E-state index in [1.165, 1.54) is 10.4 Å². The van der Waals surface area contributed by atoms with Gasteiger partial charge in [0.05, 0.1) is 10.6 Å². The van der Waals surface area contributed by atoms with Crippen LogP contribution >= 0.6 is 11.3 Å². The van der Waals surface area contributed by atoms with Gasteiger partial charge in [0.25, 0.3) is 0 Å². The molecule has 1 saturated carbocycles.